The summed E-state index contributed by atoms with van der Waals surface area (Å²) in [5.41, 5.74) is 3.15. The van der Waals surface area contributed by atoms with E-state index >= 15 is 0 Å². The molecule has 1 saturated heterocycles. The molecule has 1 unspecified atom stereocenters. The van der Waals surface area contributed by atoms with Crippen LogP contribution in [0.25, 0.3) is 10.6 Å². The highest BCUT2D eigenvalue weighted by molar-refractivity contribution is 7.13. The van der Waals surface area contributed by atoms with Crippen LogP contribution in [0.2, 0.25) is 0 Å². The van der Waals surface area contributed by atoms with Crippen molar-refractivity contribution in [1.82, 2.24) is 20.2 Å². The number of carbonyl (C=O) groups excluding carboxylic acids is 1. The molecule has 4 rings (SSSR count). The number of hydrogen-bond acceptors (Lipinski definition) is 6. The molecule has 0 radical (unpaired) electrons. The molecule has 1 aromatic carbocycles. The molecule has 6 nitrogen and oxygen atoms in total. The van der Waals surface area contributed by atoms with Gasteiger partial charge in [0.1, 0.15) is 10.8 Å². The van der Waals surface area contributed by atoms with Gasteiger partial charge in [-0.15, -0.1) is 11.3 Å². The van der Waals surface area contributed by atoms with Crippen LogP contribution in [0.5, 0.6) is 0 Å². The quantitative estimate of drug-likeness (QED) is 0.617. The number of amides is 1. The lowest BCUT2D eigenvalue weighted by atomic mass is 10.2. The van der Waals surface area contributed by atoms with Gasteiger partial charge in [0.15, 0.2) is 0 Å². The lowest BCUT2D eigenvalue weighted by Crippen LogP contribution is -2.51. The molecule has 3 aromatic rings. The van der Waals surface area contributed by atoms with Crippen LogP contribution in [0, 0.1) is 6.92 Å². The van der Waals surface area contributed by atoms with Crippen molar-refractivity contribution in [3.8, 4) is 10.6 Å². The number of aromatic nitrogens is 2. The van der Waals surface area contributed by atoms with Gasteiger partial charge in [-0.1, -0.05) is 35.9 Å². The number of benzene rings is 1. The van der Waals surface area contributed by atoms with Crippen LogP contribution in [0.4, 0.5) is 5.82 Å². The molecule has 1 N–H and O–H groups in total. The van der Waals surface area contributed by atoms with E-state index in [9.17, 15) is 4.79 Å². The highest BCUT2D eigenvalue weighted by Gasteiger charge is 2.20. The molecule has 31 heavy (non-hydrogen) atoms. The molecule has 1 fully saturated rings. The Labute approximate surface area is 187 Å². The van der Waals surface area contributed by atoms with E-state index in [0.717, 1.165) is 54.8 Å². The SMILES string of the molecule is Cc1ccc(-c2nc(CC(=O)NC(C)CN3CCN(c4ccccn4)CC3)cs2)cc1. The fraction of sp³-hybridized carbons (Fsp3) is 0.375. The lowest BCUT2D eigenvalue weighted by Gasteiger charge is -2.36. The van der Waals surface area contributed by atoms with Crippen LogP contribution >= 0.6 is 11.3 Å². The Hall–Kier alpha value is -2.77. The van der Waals surface area contributed by atoms with E-state index in [2.05, 4.69) is 69.3 Å². The van der Waals surface area contributed by atoms with Crippen molar-refractivity contribution in [3.05, 3.63) is 65.3 Å². The van der Waals surface area contributed by atoms with Crippen molar-refractivity contribution in [2.45, 2.75) is 26.3 Å². The van der Waals surface area contributed by atoms with Crippen LogP contribution in [-0.4, -0.2) is 59.5 Å². The first-order valence-electron chi connectivity index (χ1n) is 10.8. The number of anilines is 1. The summed E-state index contributed by atoms with van der Waals surface area (Å²) in [6, 6.07) is 14.5. The van der Waals surface area contributed by atoms with Crippen LogP contribution in [0.1, 0.15) is 18.2 Å². The standard InChI is InChI=1S/C24H29N5OS/c1-18-6-8-20(9-7-18)24-27-21(17-31-24)15-23(30)26-19(2)16-28-11-13-29(14-12-28)22-5-3-4-10-25-22/h3-10,17,19H,11-16H2,1-2H3,(H,26,30). The van der Waals surface area contributed by atoms with Gasteiger partial charge >= 0.3 is 0 Å². The third-order valence-corrected chi connectivity index (χ3v) is 6.42. The predicted octanol–water partition coefficient (Wildman–Crippen LogP) is 3.38. The van der Waals surface area contributed by atoms with E-state index in [1.165, 1.54) is 5.56 Å². The average molecular weight is 436 g/mol. The van der Waals surface area contributed by atoms with Crippen molar-refractivity contribution >= 4 is 23.1 Å². The van der Waals surface area contributed by atoms with Crippen molar-refractivity contribution < 1.29 is 4.79 Å². The molecule has 1 atom stereocenters. The molecule has 0 spiro atoms. The summed E-state index contributed by atoms with van der Waals surface area (Å²) in [5, 5.41) is 6.08. The van der Waals surface area contributed by atoms with Gasteiger partial charge in [0.05, 0.1) is 12.1 Å². The molecule has 0 bridgehead atoms. The minimum Gasteiger partial charge on any atom is -0.354 e. The molecule has 162 valence electrons. The number of piperazine rings is 1. The van der Waals surface area contributed by atoms with E-state index in [1.54, 1.807) is 11.3 Å². The Kier molecular flexibility index (Phi) is 6.94. The highest BCUT2D eigenvalue weighted by atomic mass is 32.1. The minimum absolute atomic E-state index is 0.0281. The van der Waals surface area contributed by atoms with Crippen LogP contribution in [0.15, 0.2) is 54.0 Å². The smallest absolute Gasteiger partial charge is 0.226 e. The molecule has 0 aliphatic carbocycles. The number of rotatable bonds is 7. The summed E-state index contributed by atoms with van der Waals surface area (Å²) in [7, 11) is 0. The first-order valence-corrected chi connectivity index (χ1v) is 11.6. The number of thiazole rings is 1. The summed E-state index contributed by atoms with van der Waals surface area (Å²) < 4.78 is 0. The molecule has 2 aromatic heterocycles. The van der Waals surface area contributed by atoms with E-state index in [0.29, 0.717) is 6.42 Å². The Balaban J connectivity index is 1.22. The van der Waals surface area contributed by atoms with E-state index in [-0.39, 0.29) is 11.9 Å². The van der Waals surface area contributed by atoms with Crippen LogP contribution in [0.3, 0.4) is 0 Å². The van der Waals surface area contributed by atoms with E-state index in [1.807, 2.05) is 23.7 Å². The first kappa shape index (κ1) is 21.5. The lowest BCUT2D eigenvalue weighted by molar-refractivity contribution is -0.121. The predicted molar refractivity (Wildman–Crippen MR) is 126 cm³/mol. The first-order chi connectivity index (χ1) is 15.1. The summed E-state index contributed by atoms with van der Waals surface area (Å²) in [6.07, 6.45) is 2.16. The maximum absolute atomic E-state index is 12.5. The van der Waals surface area contributed by atoms with Gasteiger partial charge in [0, 0.05) is 55.9 Å². The molecular weight excluding hydrogens is 406 g/mol. The molecule has 3 heterocycles. The number of hydrogen-bond donors (Lipinski definition) is 1. The Morgan fingerprint density at radius 2 is 1.90 bits per heavy atom. The van der Waals surface area contributed by atoms with Gasteiger partial charge in [-0.2, -0.15) is 0 Å². The second-order valence-electron chi connectivity index (χ2n) is 8.13. The number of nitrogens with zero attached hydrogens (tertiary/aromatic N) is 4. The second kappa shape index (κ2) is 10.0. The zero-order valence-electron chi connectivity index (χ0n) is 18.1. The van der Waals surface area contributed by atoms with Crippen LogP contribution < -0.4 is 10.2 Å². The molecule has 0 saturated carbocycles. The number of nitrogens with one attached hydrogen (secondary N) is 1. The third-order valence-electron chi connectivity index (χ3n) is 5.48. The molecule has 1 aliphatic heterocycles. The second-order valence-corrected chi connectivity index (χ2v) is 8.99. The largest absolute Gasteiger partial charge is 0.354 e. The van der Waals surface area contributed by atoms with Gasteiger partial charge in [-0.05, 0) is 26.0 Å². The topological polar surface area (TPSA) is 61.4 Å². The summed E-state index contributed by atoms with van der Waals surface area (Å²) in [6.45, 7) is 8.86. The molecule has 1 aliphatic rings. The number of carbonyl (C=O) groups is 1. The monoisotopic (exact) mass is 435 g/mol. The fourth-order valence-corrected chi connectivity index (χ4v) is 4.67. The van der Waals surface area contributed by atoms with Gasteiger partial charge < -0.3 is 10.2 Å². The fourth-order valence-electron chi connectivity index (χ4n) is 3.84. The normalized spacial score (nSPS) is 15.6. The van der Waals surface area contributed by atoms with Crippen molar-refractivity contribution in [3.63, 3.8) is 0 Å². The molecule has 7 heteroatoms. The maximum atomic E-state index is 12.5. The van der Waals surface area contributed by atoms with Gasteiger partial charge in [0.2, 0.25) is 5.91 Å². The Morgan fingerprint density at radius 3 is 2.61 bits per heavy atom. The zero-order chi connectivity index (χ0) is 21.6. The molecular formula is C24H29N5OS. The summed E-state index contributed by atoms with van der Waals surface area (Å²) >= 11 is 1.59. The van der Waals surface area contributed by atoms with Crippen molar-refractivity contribution in [2.24, 2.45) is 0 Å². The van der Waals surface area contributed by atoms with E-state index < -0.39 is 0 Å². The maximum Gasteiger partial charge on any atom is 0.226 e. The van der Waals surface area contributed by atoms with Gasteiger partial charge in [-0.25, -0.2) is 9.97 Å². The van der Waals surface area contributed by atoms with Gasteiger partial charge in [-0.3, -0.25) is 9.69 Å². The number of pyridine rings is 1. The van der Waals surface area contributed by atoms with Crippen molar-refractivity contribution in [2.75, 3.05) is 37.6 Å². The van der Waals surface area contributed by atoms with E-state index in [4.69, 9.17) is 0 Å². The summed E-state index contributed by atoms with van der Waals surface area (Å²) in [5.74, 6) is 1.07. The summed E-state index contributed by atoms with van der Waals surface area (Å²) in [4.78, 5) is 26.3. The third kappa shape index (κ3) is 5.89. The Bertz CT molecular complexity index is 981. The number of aryl methyl sites for hydroxylation is 1. The van der Waals surface area contributed by atoms with Gasteiger partial charge in [0.25, 0.3) is 0 Å². The molecule has 1 amide bonds. The highest BCUT2D eigenvalue weighted by Crippen LogP contribution is 2.24. The average Bonchev–Trinajstić information content (AvgIpc) is 3.23. The Morgan fingerprint density at radius 1 is 1.13 bits per heavy atom. The zero-order valence-corrected chi connectivity index (χ0v) is 18.9. The van der Waals surface area contributed by atoms with Crippen molar-refractivity contribution in [1.29, 1.82) is 0 Å². The minimum atomic E-state index is 0.0281. The van der Waals surface area contributed by atoms with Crippen LogP contribution in [-0.2, 0) is 11.2 Å².